The number of nitrogens with one attached hydrogen (secondary N) is 1. The molecule has 0 spiro atoms. The second-order valence-electron chi connectivity index (χ2n) is 3.62. The third-order valence-electron chi connectivity index (χ3n) is 2.37. The topological polar surface area (TPSA) is 46.9 Å². The Morgan fingerprint density at radius 3 is 2.62 bits per heavy atom. The van der Waals surface area contributed by atoms with Crippen LogP contribution in [-0.4, -0.2) is 9.55 Å². The molecule has 1 aromatic heterocycles. The minimum Gasteiger partial charge on any atom is -0.326 e. The molecular weight excluding hydrogens is 202 g/mol. The maximum Gasteiger partial charge on any atom is 0.257 e. The van der Waals surface area contributed by atoms with Crippen molar-refractivity contribution in [2.75, 3.05) is 5.32 Å². The monoisotopic (exact) mass is 215 g/mol. The Hall–Kier alpha value is -2.10. The van der Waals surface area contributed by atoms with Crippen molar-refractivity contribution in [1.82, 2.24) is 9.55 Å². The van der Waals surface area contributed by atoms with Gasteiger partial charge in [0.15, 0.2) is 0 Å². The van der Waals surface area contributed by atoms with E-state index in [4.69, 9.17) is 0 Å². The van der Waals surface area contributed by atoms with E-state index in [9.17, 15) is 4.79 Å². The number of para-hydroxylation sites is 1. The van der Waals surface area contributed by atoms with Crippen molar-refractivity contribution in [1.29, 1.82) is 0 Å². The molecule has 0 radical (unpaired) electrons. The Balaban J connectivity index is 2.37. The van der Waals surface area contributed by atoms with Gasteiger partial charge in [0.1, 0.15) is 0 Å². The van der Waals surface area contributed by atoms with Crippen molar-refractivity contribution >= 4 is 11.6 Å². The van der Waals surface area contributed by atoms with E-state index in [0.717, 1.165) is 5.69 Å². The van der Waals surface area contributed by atoms with Crippen LogP contribution in [0.3, 0.4) is 0 Å². The van der Waals surface area contributed by atoms with Crippen molar-refractivity contribution < 1.29 is 0 Å². The molecular formula is C12H13N3O. The molecule has 4 heteroatoms. The Bertz CT molecular complexity index is 546. The first kappa shape index (κ1) is 10.4. The number of hydrogen-bond acceptors (Lipinski definition) is 3. The van der Waals surface area contributed by atoms with Gasteiger partial charge >= 0.3 is 0 Å². The average molecular weight is 215 g/mol. The second kappa shape index (κ2) is 4.18. The van der Waals surface area contributed by atoms with Crippen molar-refractivity contribution in [2.24, 2.45) is 7.05 Å². The van der Waals surface area contributed by atoms with Gasteiger partial charge in [-0.2, -0.15) is 0 Å². The highest BCUT2D eigenvalue weighted by Crippen LogP contribution is 2.11. The van der Waals surface area contributed by atoms with Crippen LogP contribution in [0.25, 0.3) is 0 Å². The molecule has 1 heterocycles. The van der Waals surface area contributed by atoms with E-state index in [1.807, 2.05) is 30.3 Å². The van der Waals surface area contributed by atoms with Crippen LogP contribution in [0.2, 0.25) is 0 Å². The number of hydrogen-bond donors (Lipinski definition) is 1. The fourth-order valence-electron chi connectivity index (χ4n) is 1.43. The summed E-state index contributed by atoms with van der Waals surface area (Å²) in [6.45, 7) is 1.75. The lowest BCUT2D eigenvalue weighted by Gasteiger charge is -2.09. The second-order valence-corrected chi connectivity index (χ2v) is 3.62. The van der Waals surface area contributed by atoms with E-state index in [1.54, 1.807) is 20.2 Å². The summed E-state index contributed by atoms with van der Waals surface area (Å²) in [5, 5.41) is 3.09. The molecule has 82 valence electrons. The number of aromatic nitrogens is 2. The SMILES string of the molecule is Cc1cnc(Nc2ccccc2)n(C)c1=O. The molecule has 1 aromatic carbocycles. The average Bonchev–Trinajstić information content (AvgIpc) is 2.31. The zero-order chi connectivity index (χ0) is 11.5. The van der Waals surface area contributed by atoms with E-state index < -0.39 is 0 Å². The normalized spacial score (nSPS) is 10.1. The number of rotatable bonds is 2. The molecule has 2 aromatic rings. The van der Waals surface area contributed by atoms with Crippen molar-refractivity contribution in [3.8, 4) is 0 Å². The molecule has 0 aliphatic rings. The highest BCUT2D eigenvalue weighted by molar-refractivity contribution is 5.52. The minimum absolute atomic E-state index is 0.0339. The molecule has 0 unspecified atom stereocenters. The number of anilines is 2. The van der Waals surface area contributed by atoms with Gasteiger partial charge in [-0.15, -0.1) is 0 Å². The Labute approximate surface area is 93.6 Å². The van der Waals surface area contributed by atoms with Gasteiger partial charge in [-0.1, -0.05) is 18.2 Å². The Morgan fingerprint density at radius 1 is 1.25 bits per heavy atom. The molecule has 0 fully saturated rings. The van der Waals surface area contributed by atoms with E-state index in [0.29, 0.717) is 11.5 Å². The van der Waals surface area contributed by atoms with Crippen molar-refractivity contribution in [3.63, 3.8) is 0 Å². The molecule has 4 nitrogen and oxygen atoms in total. The van der Waals surface area contributed by atoms with Gasteiger partial charge in [-0.3, -0.25) is 9.36 Å². The summed E-state index contributed by atoms with van der Waals surface area (Å²) >= 11 is 0. The Kier molecular flexibility index (Phi) is 2.72. The lowest BCUT2D eigenvalue weighted by atomic mass is 10.3. The lowest BCUT2D eigenvalue weighted by molar-refractivity contribution is 0.825. The molecule has 2 rings (SSSR count). The van der Waals surface area contributed by atoms with Crippen LogP contribution in [0, 0.1) is 6.92 Å². The van der Waals surface area contributed by atoms with Crippen LogP contribution in [0.5, 0.6) is 0 Å². The summed E-state index contributed by atoms with van der Waals surface area (Å²) in [7, 11) is 1.70. The highest BCUT2D eigenvalue weighted by atomic mass is 16.1. The minimum atomic E-state index is -0.0339. The summed E-state index contributed by atoms with van der Waals surface area (Å²) in [6.07, 6.45) is 1.58. The first-order valence-electron chi connectivity index (χ1n) is 5.03. The number of benzene rings is 1. The van der Waals surface area contributed by atoms with E-state index in [-0.39, 0.29) is 5.56 Å². The van der Waals surface area contributed by atoms with E-state index in [1.165, 1.54) is 4.57 Å². The van der Waals surface area contributed by atoms with Crippen molar-refractivity contribution in [3.05, 3.63) is 52.4 Å². The van der Waals surface area contributed by atoms with Crippen LogP contribution in [0.4, 0.5) is 11.6 Å². The number of nitrogens with zero attached hydrogens (tertiary/aromatic N) is 2. The standard InChI is InChI=1S/C12H13N3O/c1-9-8-13-12(15(2)11(9)16)14-10-6-4-3-5-7-10/h3-8H,1-2H3,(H,13,14). The largest absolute Gasteiger partial charge is 0.326 e. The Morgan fingerprint density at radius 2 is 1.94 bits per heavy atom. The third-order valence-corrected chi connectivity index (χ3v) is 2.37. The molecule has 1 N–H and O–H groups in total. The predicted octanol–water partition coefficient (Wildman–Crippen LogP) is 1.83. The molecule has 0 saturated carbocycles. The van der Waals surface area contributed by atoms with Gasteiger partial charge in [-0.05, 0) is 19.1 Å². The number of aryl methyl sites for hydroxylation is 1. The van der Waals surface area contributed by atoms with E-state index >= 15 is 0 Å². The molecule has 0 aliphatic heterocycles. The molecule has 16 heavy (non-hydrogen) atoms. The fraction of sp³-hybridized carbons (Fsp3) is 0.167. The zero-order valence-corrected chi connectivity index (χ0v) is 9.27. The lowest BCUT2D eigenvalue weighted by Crippen LogP contribution is -2.22. The van der Waals surface area contributed by atoms with Gasteiger partial charge < -0.3 is 5.32 Å². The molecule has 0 bridgehead atoms. The maximum absolute atomic E-state index is 11.7. The summed E-state index contributed by atoms with van der Waals surface area (Å²) in [6, 6.07) is 9.63. The van der Waals surface area contributed by atoms with Crippen LogP contribution < -0.4 is 10.9 Å². The van der Waals surface area contributed by atoms with Crippen LogP contribution in [0.15, 0.2) is 41.3 Å². The van der Waals surface area contributed by atoms with Crippen LogP contribution in [-0.2, 0) is 7.05 Å². The molecule has 0 saturated heterocycles. The van der Waals surface area contributed by atoms with Crippen LogP contribution >= 0.6 is 0 Å². The van der Waals surface area contributed by atoms with Gasteiger partial charge in [0.25, 0.3) is 5.56 Å². The molecule has 0 aliphatic carbocycles. The van der Waals surface area contributed by atoms with Gasteiger partial charge in [0.05, 0.1) is 0 Å². The van der Waals surface area contributed by atoms with Gasteiger partial charge in [-0.25, -0.2) is 4.98 Å². The summed E-state index contributed by atoms with van der Waals surface area (Å²) < 4.78 is 1.50. The summed E-state index contributed by atoms with van der Waals surface area (Å²) in [4.78, 5) is 15.8. The maximum atomic E-state index is 11.7. The highest BCUT2D eigenvalue weighted by Gasteiger charge is 2.03. The molecule has 0 atom stereocenters. The summed E-state index contributed by atoms with van der Waals surface area (Å²) in [5.74, 6) is 0.543. The van der Waals surface area contributed by atoms with E-state index in [2.05, 4.69) is 10.3 Å². The molecule has 0 amide bonds. The predicted molar refractivity (Wildman–Crippen MR) is 63.9 cm³/mol. The quantitative estimate of drug-likeness (QED) is 0.831. The zero-order valence-electron chi connectivity index (χ0n) is 9.27. The van der Waals surface area contributed by atoms with Crippen molar-refractivity contribution in [2.45, 2.75) is 6.92 Å². The third kappa shape index (κ3) is 1.95. The first-order valence-corrected chi connectivity index (χ1v) is 5.03. The summed E-state index contributed by atoms with van der Waals surface area (Å²) in [5.41, 5.74) is 1.52. The van der Waals surface area contributed by atoms with Gasteiger partial charge in [0.2, 0.25) is 5.95 Å². The smallest absolute Gasteiger partial charge is 0.257 e. The van der Waals surface area contributed by atoms with Crippen LogP contribution in [0.1, 0.15) is 5.56 Å². The fourth-order valence-corrected chi connectivity index (χ4v) is 1.43. The first-order chi connectivity index (χ1) is 7.68. The van der Waals surface area contributed by atoms with Gasteiger partial charge in [0, 0.05) is 24.5 Å².